The Labute approximate surface area is 307 Å². The predicted octanol–water partition coefficient (Wildman–Crippen LogP) is 6.23. The number of nitrogens with one attached hydrogen (secondary N) is 1. The van der Waals surface area contributed by atoms with Crippen LogP contribution in [0.25, 0.3) is 11.4 Å². The van der Waals surface area contributed by atoms with E-state index in [2.05, 4.69) is 41.3 Å². The molecule has 1 saturated heterocycles. The molecule has 2 aliphatic rings. The fraction of sp³-hybridized carbons (Fsp3) is 0.286. The summed E-state index contributed by atoms with van der Waals surface area (Å²) in [5, 5.41) is 6.53. The highest BCUT2D eigenvalue weighted by Crippen LogP contribution is 2.46. The van der Waals surface area contributed by atoms with E-state index in [1.807, 2.05) is 43.3 Å². The van der Waals surface area contributed by atoms with Gasteiger partial charge in [0.15, 0.2) is 11.4 Å². The second-order valence-electron chi connectivity index (χ2n) is 12.6. The third kappa shape index (κ3) is 6.45. The van der Waals surface area contributed by atoms with Gasteiger partial charge in [-0.2, -0.15) is 22.7 Å². The van der Waals surface area contributed by atoms with Crippen LogP contribution in [0.2, 0.25) is 5.02 Å². The lowest BCUT2D eigenvalue weighted by Crippen LogP contribution is -2.46. The Morgan fingerprint density at radius 3 is 2.50 bits per heavy atom. The number of carbonyl (C=O) groups is 2. The third-order valence-electron chi connectivity index (χ3n) is 9.31. The average molecular weight is 798 g/mol. The molecule has 1 spiro atoms. The summed E-state index contributed by atoms with van der Waals surface area (Å²) in [6, 6.07) is 12.2. The Morgan fingerprint density at radius 1 is 1.08 bits per heavy atom. The lowest BCUT2D eigenvalue weighted by molar-refractivity contribution is -0.137. The van der Waals surface area contributed by atoms with Crippen LogP contribution >= 0.6 is 27.5 Å². The summed E-state index contributed by atoms with van der Waals surface area (Å²) >= 11 is 9.33. The van der Waals surface area contributed by atoms with Crippen molar-refractivity contribution in [3.63, 3.8) is 0 Å². The van der Waals surface area contributed by atoms with E-state index >= 15 is 0 Å². The number of carbonyl (C=O) groups excluding carboxylic acids is 2. The van der Waals surface area contributed by atoms with E-state index in [1.54, 1.807) is 16.4 Å². The first kappa shape index (κ1) is 35.3. The molecule has 0 bridgehead atoms. The van der Waals surface area contributed by atoms with Gasteiger partial charge in [-0.3, -0.25) is 14.4 Å². The second kappa shape index (κ2) is 13.5. The van der Waals surface area contributed by atoms with Gasteiger partial charge in [-0.25, -0.2) is 9.97 Å². The van der Waals surface area contributed by atoms with Crippen molar-refractivity contribution in [2.24, 2.45) is 0 Å². The van der Waals surface area contributed by atoms with Crippen LogP contribution in [0.4, 0.5) is 18.9 Å². The summed E-state index contributed by atoms with van der Waals surface area (Å²) in [6.45, 7) is 4.02. The molecule has 3 aromatic heterocycles. The molecule has 4 heterocycles. The van der Waals surface area contributed by atoms with E-state index < -0.39 is 28.6 Å². The van der Waals surface area contributed by atoms with Gasteiger partial charge in [0.25, 0.3) is 11.5 Å². The van der Waals surface area contributed by atoms with E-state index in [4.69, 9.17) is 16.3 Å². The number of hydrogen-bond donors (Lipinski definition) is 1. The number of rotatable bonds is 7. The minimum atomic E-state index is -4.60. The average Bonchev–Trinajstić information content (AvgIpc) is 3.64. The first-order chi connectivity index (χ1) is 24.8. The highest BCUT2D eigenvalue weighted by atomic mass is 79.9. The predicted molar refractivity (Wildman–Crippen MR) is 188 cm³/mol. The SMILES string of the molecule is CC1=CC2(CCN(C(=O)c3ncnc(C)c3OCc3ccccc3)CC2)c2c1n(CC(=O)Nc1ccc(C(F)(F)F)cc1Cl)c1nc(Br)nn1c2=O. The molecule has 1 N–H and O–H groups in total. The molecule has 7 rings (SSSR count). The maximum atomic E-state index is 14.1. The number of benzene rings is 2. The zero-order chi connectivity index (χ0) is 36.9. The Morgan fingerprint density at radius 2 is 1.81 bits per heavy atom. The van der Waals surface area contributed by atoms with Crippen molar-refractivity contribution in [2.75, 3.05) is 18.4 Å². The molecule has 17 heteroatoms. The largest absolute Gasteiger partial charge is 0.485 e. The van der Waals surface area contributed by atoms with Crippen molar-refractivity contribution in [1.29, 1.82) is 0 Å². The molecule has 1 aliphatic heterocycles. The molecule has 0 unspecified atom stereocenters. The van der Waals surface area contributed by atoms with Crippen LogP contribution in [0.15, 0.2) is 70.5 Å². The molecule has 1 aliphatic carbocycles. The van der Waals surface area contributed by atoms with Crippen LogP contribution in [0.1, 0.15) is 58.3 Å². The smallest absolute Gasteiger partial charge is 0.416 e. The van der Waals surface area contributed by atoms with Crippen LogP contribution in [0.3, 0.4) is 0 Å². The highest BCUT2D eigenvalue weighted by Gasteiger charge is 2.45. The Hall–Kier alpha value is -5.09. The van der Waals surface area contributed by atoms with Gasteiger partial charge in [0.05, 0.1) is 33.2 Å². The monoisotopic (exact) mass is 796 g/mol. The van der Waals surface area contributed by atoms with Crippen molar-refractivity contribution < 1.29 is 27.5 Å². The number of ether oxygens (including phenoxy) is 1. The normalized spacial score (nSPS) is 15.1. The number of nitrogens with zero attached hydrogens (tertiary/aromatic N) is 7. The van der Waals surface area contributed by atoms with Crippen LogP contribution in [0, 0.1) is 6.92 Å². The zero-order valence-corrected chi connectivity index (χ0v) is 30.0. The summed E-state index contributed by atoms with van der Waals surface area (Å²) in [6.07, 6.45) is -0.518. The van der Waals surface area contributed by atoms with E-state index in [0.717, 1.165) is 33.9 Å². The van der Waals surface area contributed by atoms with E-state index in [1.165, 1.54) is 6.33 Å². The van der Waals surface area contributed by atoms with Gasteiger partial charge in [-0.05, 0) is 72.0 Å². The topological polar surface area (TPSA) is 137 Å². The minimum Gasteiger partial charge on any atom is -0.485 e. The third-order valence-corrected chi connectivity index (χ3v) is 9.96. The van der Waals surface area contributed by atoms with Gasteiger partial charge in [0.1, 0.15) is 19.5 Å². The number of halogens is 5. The molecule has 52 heavy (non-hydrogen) atoms. The quantitative estimate of drug-likeness (QED) is 0.205. The summed E-state index contributed by atoms with van der Waals surface area (Å²) in [5.74, 6) is -0.553. The number of hydrogen-bond acceptors (Lipinski definition) is 8. The molecule has 0 radical (unpaired) electrons. The van der Waals surface area contributed by atoms with Gasteiger partial charge in [0.2, 0.25) is 16.4 Å². The first-order valence-corrected chi connectivity index (χ1v) is 17.3. The van der Waals surface area contributed by atoms with Crippen LogP contribution in [-0.2, 0) is 29.5 Å². The number of amides is 2. The van der Waals surface area contributed by atoms with Crippen molar-refractivity contribution in [2.45, 2.75) is 51.4 Å². The first-order valence-electron chi connectivity index (χ1n) is 16.1. The van der Waals surface area contributed by atoms with Gasteiger partial charge >= 0.3 is 6.18 Å². The maximum absolute atomic E-state index is 14.1. The Balaban J connectivity index is 1.16. The number of anilines is 1. The number of aryl methyl sites for hydroxylation is 1. The Kier molecular flexibility index (Phi) is 9.15. The fourth-order valence-electron chi connectivity index (χ4n) is 6.89. The molecule has 12 nitrogen and oxygen atoms in total. The molecular formula is C35H29BrClF3N8O4. The summed E-state index contributed by atoms with van der Waals surface area (Å²) < 4.78 is 48.4. The highest BCUT2D eigenvalue weighted by molar-refractivity contribution is 9.10. The molecule has 0 saturated carbocycles. The van der Waals surface area contributed by atoms with Crippen molar-refractivity contribution >= 4 is 56.4 Å². The Bertz CT molecular complexity index is 2340. The molecule has 268 valence electrons. The van der Waals surface area contributed by atoms with Crippen molar-refractivity contribution in [3.8, 4) is 5.75 Å². The van der Waals surface area contributed by atoms with E-state index in [-0.39, 0.29) is 59.1 Å². The number of likely N-dealkylation sites (tertiary alicyclic amines) is 1. The summed E-state index contributed by atoms with van der Waals surface area (Å²) in [4.78, 5) is 56.0. The van der Waals surface area contributed by atoms with Crippen molar-refractivity contribution in [1.82, 2.24) is 34.0 Å². The van der Waals surface area contributed by atoms with E-state index in [9.17, 15) is 27.6 Å². The summed E-state index contributed by atoms with van der Waals surface area (Å²) in [5.41, 5.74) is 1.04. The van der Waals surface area contributed by atoms with E-state index in [0.29, 0.717) is 35.5 Å². The van der Waals surface area contributed by atoms with Gasteiger partial charge in [-0.1, -0.05) is 48.0 Å². The lowest BCUT2D eigenvalue weighted by Gasteiger charge is -2.38. The number of alkyl halides is 3. The minimum absolute atomic E-state index is 0.00991. The number of allylic oxidation sites excluding steroid dienone is 2. The maximum Gasteiger partial charge on any atom is 0.416 e. The van der Waals surface area contributed by atoms with Crippen LogP contribution in [0.5, 0.6) is 5.75 Å². The van der Waals surface area contributed by atoms with Gasteiger partial charge in [0, 0.05) is 18.5 Å². The molecule has 1 fully saturated rings. The molecular weight excluding hydrogens is 769 g/mol. The number of piperidine rings is 1. The number of aromatic nitrogens is 6. The standard InChI is InChI=1S/C35H29BrClF3N8O4/c1-19-15-34(10-12-46(13-11-34)31(51)27-29(20(2)41-18-42-27)52-17-21-6-4-3-5-7-21)26-28(19)47(33-44-32(36)45-48(33)30(26)50)16-25(49)43-24-9-8-22(14-23(24)37)35(38,39)40/h3-9,14-15,18H,10-13,16-17H2,1-2H3,(H,43,49). The molecule has 2 aromatic carbocycles. The second-order valence-corrected chi connectivity index (χ2v) is 13.8. The van der Waals surface area contributed by atoms with Gasteiger partial charge < -0.3 is 19.5 Å². The summed E-state index contributed by atoms with van der Waals surface area (Å²) in [7, 11) is 0. The number of fused-ring (bicyclic) bond motifs is 3. The molecule has 2 amide bonds. The fourth-order valence-corrected chi connectivity index (χ4v) is 7.44. The van der Waals surface area contributed by atoms with Gasteiger partial charge in [-0.15, -0.1) is 5.10 Å². The van der Waals surface area contributed by atoms with Crippen LogP contribution < -0.4 is 15.6 Å². The zero-order valence-electron chi connectivity index (χ0n) is 27.7. The van der Waals surface area contributed by atoms with Crippen molar-refractivity contribution in [3.05, 3.63) is 115 Å². The molecule has 0 atom stereocenters. The lowest BCUT2D eigenvalue weighted by atomic mass is 9.75. The van der Waals surface area contributed by atoms with Crippen LogP contribution in [-0.4, -0.2) is 58.9 Å². The molecule has 5 aromatic rings.